The van der Waals surface area contributed by atoms with E-state index in [-0.39, 0.29) is 5.91 Å². The Morgan fingerprint density at radius 2 is 1.55 bits per heavy atom. The molecule has 1 heterocycles. The van der Waals surface area contributed by atoms with E-state index >= 15 is 0 Å². The van der Waals surface area contributed by atoms with Gasteiger partial charge in [-0.3, -0.25) is 9.69 Å². The predicted molar refractivity (Wildman–Crippen MR) is 157 cm³/mol. The highest BCUT2D eigenvalue weighted by Crippen LogP contribution is 2.39. The highest BCUT2D eigenvalue weighted by molar-refractivity contribution is 8.19. The van der Waals surface area contributed by atoms with Crippen molar-refractivity contribution in [3.63, 3.8) is 0 Å². The lowest BCUT2D eigenvalue weighted by Gasteiger charge is -2.15. The number of methoxy groups -OCH3 is 1. The first kappa shape index (κ1) is 25.9. The summed E-state index contributed by atoms with van der Waals surface area (Å²) in [7, 11) is 1.59. The third-order valence-electron chi connectivity index (χ3n) is 5.67. The average Bonchev–Trinajstić information content (AvgIpc) is 3.24. The van der Waals surface area contributed by atoms with Gasteiger partial charge in [0.05, 0.1) is 23.4 Å². The smallest absolute Gasteiger partial charge is 0.271 e. The van der Waals surface area contributed by atoms with E-state index in [1.54, 1.807) is 60.5 Å². The number of aliphatic imine (C=N–C) groups is 1. The van der Waals surface area contributed by atoms with Crippen molar-refractivity contribution in [2.75, 3.05) is 12.0 Å². The van der Waals surface area contributed by atoms with Crippen LogP contribution in [-0.4, -0.2) is 18.2 Å². The van der Waals surface area contributed by atoms with Crippen LogP contribution in [0.4, 0.5) is 11.4 Å². The van der Waals surface area contributed by atoms with Crippen LogP contribution in [0.15, 0.2) is 107 Å². The number of nitrogens with zero attached hydrogens (tertiary/aromatic N) is 2. The van der Waals surface area contributed by atoms with E-state index in [1.165, 1.54) is 11.8 Å². The quantitative estimate of drug-likeness (QED) is 0.213. The number of thioether (sulfide) groups is 1. The number of carbonyl (C=O) groups is 1. The van der Waals surface area contributed by atoms with Crippen molar-refractivity contribution in [1.82, 2.24) is 0 Å². The maximum atomic E-state index is 13.6. The highest BCUT2D eigenvalue weighted by atomic mass is 35.5. The lowest BCUT2D eigenvalue weighted by atomic mass is 10.1. The molecule has 1 aliphatic rings. The van der Waals surface area contributed by atoms with Crippen molar-refractivity contribution in [2.24, 2.45) is 4.99 Å². The number of amides is 1. The van der Waals surface area contributed by atoms with Gasteiger partial charge in [-0.2, -0.15) is 0 Å². The van der Waals surface area contributed by atoms with E-state index in [0.717, 1.165) is 11.1 Å². The predicted octanol–water partition coefficient (Wildman–Crippen LogP) is 8.39. The molecule has 1 saturated heterocycles. The van der Waals surface area contributed by atoms with Gasteiger partial charge in [0.25, 0.3) is 5.91 Å². The molecule has 4 aromatic carbocycles. The maximum Gasteiger partial charge on any atom is 0.271 e. The zero-order chi connectivity index (χ0) is 26.5. The SMILES string of the molecule is COc1cc(/C=C2\SC(=Nc3ccc(Cl)cc3)N(c3ccc(Cl)cc3)C2=O)ccc1OCc1ccccc1. The Labute approximate surface area is 235 Å². The molecular weight excluding hydrogens is 539 g/mol. The Hall–Kier alpha value is -3.71. The molecule has 8 heteroatoms. The summed E-state index contributed by atoms with van der Waals surface area (Å²) in [5.74, 6) is 1.01. The molecule has 1 aliphatic heterocycles. The van der Waals surface area contributed by atoms with Gasteiger partial charge in [0.15, 0.2) is 16.7 Å². The first-order valence-corrected chi connectivity index (χ1v) is 13.3. The molecule has 0 spiro atoms. The van der Waals surface area contributed by atoms with E-state index in [2.05, 4.69) is 0 Å². The van der Waals surface area contributed by atoms with Crippen molar-refractivity contribution in [3.05, 3.63) is 123 Å². The molecule has 1 amide bonds. The summed E-state index contributed by atoms with van der Waals surface area (Å²) < 4.78 is 11.5. The van der Waals surface area contributed by atoms with Gasteiger partial charge in [0.1, 0.15) is 6.61 Å². The van der Waals surface area contributed by atoms with Crippen LogP contribution in [0.25, 0.3) is 6.08 Å². The number of anilines is 1. The van der Waals surface area contributed by atoms with Crippen molar-refractivity contribution in [1.29, 1.82) is 0 Å². The van der Waals surface area contributed by atoms with Gasteiger partial charge in [-0.05, 0) is 89.6 Å². The van der Waals surface area contributed by atoms with Gasteiger partial charge in [0.2, 0.25) is 0 Å². The van der Waals surface area contributed by atoms with Gasteiger partial charge >= 0.3 is 0 Å². The van der Waals surface area contributed by atoms with E-state index in [9.17, 15) is 4.79 Å². The summed E-state index contributed by atoms with van der Waals surface area (Å²) in [5.41, 5.74) is 3.22. The Bertz CT molecular complexity index is 1510. The summed E-state index contributed by atoms with van der Waals surface area (Å²) in [6.07, 6.45) is 1.82. The van der Waals surface area contributed by atoms with Crippen molar-refractivity contribution in [2.45, 2.75) is 6.61 Å². The van der Waals surface area contributed by atoms with Crippen LogP contribution in [0.5, 0.6) is 11.5 Å². The van der Waals surface area contributed by atoms with Crippen molar-refractivity contribution < 1.29 is 14.3 Å². The maximum absolute atomic E-state index is 13.6. The monoisotopic (exact) mass is 560 g/mol. The molecule has 5 rings (SSSR count). The number of amidine groups is 1. The van der Waals surface area contributed by atoms with Crippen LogP contribution >= 0.6 is 35.0 Å². The van der Waals surface area contributed by atoms with Gasteiger partial charge in [-0.1, -0.05) is 59.6 Å². The molecule has 38 heavy (non-hydrogen) atoms. The number of carbonyl (C=O) groups excluding carboxylic acids is 1. The number of benzene rings is 4. The molecule has 0 N–H and O–H groups in total. The molecule has 0 radical (unpaired) electrons. The first-order valence-electron chi connectivity index (χ1n) is 11.7. The second-order valence-electron chi connectivity index (χ2n) is 8.28. The van der Waals surface area contributed by atoms with Crippen LogP contribution in [0, 0.1) is 0 Å². The summed E-state index contributed by atoms with van der Waals surface area (Å²) in [5, 5.41) is 1.73. The van der Waals surface area contributed by atoms with Crippen molar-refractivity contribution in [3.8, 4) is 11.5 Å². The minimum Gasteiger partial charge on any atom is -0.493 e. The summed E-state index contributed by atoms with van der Waals surface area (Å²) in [6, 6.07) is 29.7. The van der Waals surface area contributed by atoms with Crippen LogP contribution in [0.3, 0.4) is 0 Å². The standard InChI is InChI=1S/C30H22Cl2N2O3S/c1-36-27-17-21(7-16-26(27)37-19-20-5-3-2-4-6-20)18-28-29(35)34(25-14-10-23(32)11-15-25)30(38-28)33-24-12-8-22(31)9-13-24/h2-18H,19H2,1H3/b28-18-,33-30?. The van der Waals surface area contributed by atoms with E-state index in [1.807, 2.05) is 54.6 Å². The molecule has 1 fully saturated rings. The molecule has 0 saturated carbocycles. The summed E-state index contributed by atoms with van der Waals surface area (Å²) in [4.78, 5) is 20.4. The second kappa shape index (κ2) is 11.8. The fourth-order valence-corrected chi connectivity index (χ4v) is 5.03. The third kappa shape index (κ3) is 6.05. The minimum atomic E-state index is -0.187. The summed E-state index contributed by atoms with van der Waals surface area (Å²) in [6.45, 7) is 0.423. The topological polar surface area (TPSA) is 51.1 Å². The first-order chi connectivity index (χ1) is 18.5. The fourth-order valence-electron chi connectivity index (χ4n) is 3.77. The Kier molecular flexibility index (Phi) is 8.03. The second-order valence-corrected chi connectivity index (χ2v) is 10.2. The van der Waals surface area contributed by atoms with Gasteiger partial charge in [-0.15, -0.1) is 0 Å². The number of hydrogen-bond donors (Lipinski definition) is 0. The molecule has 0 aromatic heterocycles. The molecule has 0 bridgehead atoms. The zero-order valence-corrected chi connectivity index (χ0v) is 22.6. The molecular formula is C30H22Cl2N2O3S. The minimum absolute atomic E-state index is 0.187. The van der Waals surface area contributed by atoms with Crippen LogP contribution in [-0.2, 0) is 11.4 Å². The van der Waals surface area contributed by atoms with Crippen LogP contribution in [0.2, 0.25) is 10.0 Å². The van der Waals surface area contributed by atoms with E-state index in [0.29, 0.717) is 49.6 Å². The normalized spacial score (nSPS) is 15.3. The Balaban J connectivity index is 1.44. The molecule has 190 valence electrons. The van der Waals surface area contributed by atoms with Crippen LogP contribution in [0.1, 0.15) is 11.1 Å². The number of halogens is 2. The number of hydrogen-bond acceptors (Lipinski definition) is 5. The zero-order valence-electron chi connectivity index (χ0n) is 20.3. The summed E-state index contributed by atoms with van der Waals surface area (Å²) >= 11 is 13.4. The van der Waals surface area contributed by atoms with Gasteiger partial charge in [-0.25, -0.2) is 4.99 Å². The third-order valence-corrected chi connectivity index (χ3v) is 7.14. The average molecular weight is 561 g/mol. The molecule has 5 nitrogen and oxygen atoms in total. The highest BCUT2D eigenvalue weighted by Gasteiger charge is 2.34. The van der Waals surface area contributed by atoms with E-state index in [4.69, 9.17) is 37.7 Å². The molecule has 0 unspecified atom stereocenters. The van der Waals surface area contributed by atoms with Gasteiger partial charge < -0.3 is 9.47 Å². The van der Waals surface area contributed by atoms with Gasteiger partial charge in [0, 0.05) is 10.0 Å². The number of rotatable bonds is 7. The largest absolute Gasteiger partial charge is 0.493 e. The van der Waals surface area contributed by atoms with Crippen LogP contribution < -0.4 is 14.4 Å². The lowest BCUT2D eigenvalue weighted by Crippen LogP contribution is -2.28. The fraction of sp³-hybridized carbons (Fsp3) is 0.0667. The lowest BCUT2D eigenvalue weighted by molar-refractivity contribution is -0.113. The molecule has 0 aliphatic carbocycles. The number of ether oxygens (including phenoxy) is 2. The molecule has 4 aromatic rings. The Morgan fingerprint density at radius 1 is 0.868 bits per heavy atom. The molecule has 0 atom stereocenters. The van der Waals surface area contributed by atoms with Crippen molar-refractivity contribution >= 4 is 63.5 Å². The Morgan fingerprint density at radius 3 is 2.24 bits per heavy atom. The van der Waals surface area contributed by atoms with E-state index < -0.39 is 0 Å².